The van der Waals surface area contributed by atoms with Gasteiger partial charge in [-0.15, -0.1) is 5.10 Å². The Bertz CT molecular complexity index is 344. The molecule has 0 bridgehead atoms. The van der Waals surface area contributed by atoms with E-state index in [2.05, 4.69) is 10.2 Å². The van der Waals surface area contributed by atoms with Gasteiger partial charge in [0.2, 0.25) is 5.03 Å². The van der Waals surface area contributed by atoms with Crippen LogP contribution in [0.1, 0.15) is 6.92 Å². The van der Waals surface area contributed by atoms with Crippen molar-refractivity contribution in [3.05, 3.63) is 6.20 Å². The Morgan fingerprint density at radius 3 is 2.64 bits per heavy atom. The fraction of sp³-hybridized carbons (Fsp3) is 0.500. The minimum Gasteiger partial charge on any atom is -0.205 e. The van der Waals surface area contributed by atoms with Crippen LogP contribution in [0.25, 0.3) is 0 Å². The third kappa shape index (κ3) is 1.90. The van der Waals surface area contributed by atoms with Gasteiger partial charge in [0.25, 0.3) is 9.05 Å². The molecule has 1 rings (SSSR count). The fourth-order valence-electron chi connectivity index (χ4n) is 0.546. The molecule has 62 valence electrons. The Hall–Kier alpha value is -0.620. The van der Waals surface area contributed by atoms with Crippen LogP contribution >= 0.6 is 10.7 Å². The lowest BCUT2D eigenvalue weighted by atomic mass is 10.8. The molecule has 11 heavy (non-hydrogen) atoms. The van der Waals surface area contributed by atoms with E-state index in [0.29, 0.717) is 6.54 Å². The molecule has 1 heterocycles. The van der Waals surface area contributed by atoms with Crippen LogP contribution < -0.4 is 0 Å². The zero-order chi connectivity index (χ0) is 8.48. The van der Waals surface area contributed by atoms with Crippen molar-refractivity contribution in [2.75, 3.05) is 0 Å². The van der Waals surface area contributed by atoms with E-state index in [0.717, 1.165) is 6.20 Å². The van der Waals surface area contributed by atoms with Crippen LogP contribution in [0, 0.1) is 0 Å². The molecule has 1 aromatic rings. The molecule has 0 saturated carbocycles. The zero-order valence-corrected chi connectivity index (χ0v) is 7.30. The van der Waals surface area contributed by atoms with Crippen LogP contribution in [0.3, 0.4) is 0 Å². The lowest BCUT2D eigenvalue weighted by Crippen LogP contribution is -1.99. The van der Waals surface area contributed by atoms with Gasteiger partial charge < -0.3 is 0 Å². The summed E-state index contributed by atoms with van der Waals surface area (Å²) < 4.78 is 21.2. The van der Waals surface area contributed by atoms with E-state index in [1.54, 1.807) is 6.92 Å². The second kappa shape index (κ2) is 2.78. The molecule has 0 radical (unpaired) electrons. The average Bonchev–Trinajstić information content (AvgIpc) is 2.32. The summed E-state index contributed by atoms with van der Waals surface area (Å²) in [5, 5.41) is 7.02. The Labute approximate surface area is 68.4 Å². The summed E-state index contributed by atoms with van der Waals surface area (Å²) in [6.07, 6.45) is 1.12. The molecule has 0 fully saturated rings. The highest BCUT2D eigenvalue weighted by atomic mass is 35.7. The first-order valence-electron chi connectivity index (χ1n) is 2.89. The van der Waals surface area contributed by atoms with Crippen molar-refractivity contribution < 1.29 is 8.42 Å². The van der Waals surface area contributed by atoms with Crippen molar-refractivity contribution in [2.24, 2.45) is 0 Å². The van der Waals surface area contributed by atoms with E-state index in [4.69, 9.17) is 10.7 Å². The third-order valence-corrected chi connectivity index (χ3v) is 2.21. The van der Waals surface area contributed by atoms with Gasteiger partial charge in [-0.25, -0.2) is 8.42 Å². The molecule has 0 atom stereocenters. The summed E-state index contributed by atoms with van der Waals surface area (Å²) in [4.78, 5) is 1.25. The third-order valence-electron chi connectivity index (χ3n) is 1.05. The van der Waals surface area contributed by atoms with Crippen LogP contribution in [0.5, 0.6) is 0 Å². The van der Waals surface area contributed by atoms with E-state index in [1.807, 2.05) is 0 Å². The quantitative estimate of drug-likeness (QED) is 0.634. The van der Waals surface area contributed by atoms with Crippen molar-refractivity contribution in [1.82, 2.24) is 15.0 Å². The number of hydrogen-bond acceptors (Lipinski definition) is 4. The van der Waals surface area contributed by atoms with Gasteiger partial charge >= 0.3 is 0 Å². The summed E-state index contributed by atoms with van der Waals surface area (Å²) in [6.45, 7) is 2.32. The minimum atomic E-state index is -3.71. The Kier molecular flexibility index (Phi) is 2.15. The van der Waals surface area contributed by atoms with Gasteiger partial charge in [0.15, 0.2) is 0 Å². The SMILES string of the molecule is CCn1ncc(S(=O)(=O)Cl)n1. The van der Waals surface area contributed by atoms with Crippen LogP contribution in [-0.2, 0) is 15.6 Å². The molecule has 0 spiro atoms. The highest BCUT2D eigenvalue weighted by Crippen LogP contribution is 2.08. The molecule has 7 heteroatoms. The molecule has 0 aliphatic heterocycles. The second-order valence-corrected chi connectivity index (χ2v) is 4.32. The fourth-order valence-corrected chi connectivity index (χ4v) is 1.12. The summed E-state index contributed by atoms with van der Waals surface area (Å²) in [5.74, 6) is 0. The van der Waals surface area contributed by atoms with Crippen LogP contribution in [0.2, 0.25) is 0 Å². The lowest BCUT2D eigenvalue weighted by molar-refractivity contribution is 0.553. The van der Waals surface area contributed by atoms with E-state index in [9.17, 15) is 8.42 Å². The first-order chi connectivity index (χ1) is 5.04. The smallest absolute Gasteiger partial charge is 0.205 e. The number of rotatable bonds is 2. The van der Waals surface area contributed by atoms with Crippen molar-refractivity contribution in [2.45, 2.75) is 18.5 Å². The topological polar surface area (TPSA) is 64.8 Å². The molecular weight excluding hydrogens is 190 g/mol. The number of halogens is 1. The normalized spacial score (nSPS) is 11.8. The van der Waals surface area contributed by atoms with Gasteiger partial charge in [0, 0.05) is 10.7 Å². The Balaban J connectivity index is 3.09. The van der Waals surface area contributed by atoms with Crippen molar-refractivity contribution in [3.8, 4) is 0 Å². The van der Waals surface area contributed by atoms with Gasteiger partial charge in [0.05, 0.1) is 12.7 Å². The number of aromatic nitrogens is 3. The molecule has 0 amide bonds. The van der Waals surface area contributed by atoms with Gasteiger partial charge in [-0.2, -0.15) is 9.90 Å². The maximum Gasteiger partial charge on any atom is 0.282 e. The molecule has 0 unspecified atom stereocenters. The van der Waals surface area contributed by atoms with Crippen molar-refractivity contribution in [3.63, 3.8) is 0 Å². The molecule has 0 aliphatic rings. The largest absolute Gasteiger partial charge is 0.282 e. The van der Waals surface area contributed by atoms with Crippen molar-refractivity contribution >= 4 is 19.7 Å². The Morgan fingerprint density at radius 2 is 2.36 bits per heavy atom. The molecule has 0 N–H and O–H groups in total. The maximum atomic E-state index is 10.6. The highest BCUT2D eigenvalue weighted by molar-refractivity contribution is 8.13. The number of aryl methyl sites for hydroxylation is 1. The summed E-state index contributed by atoms with van der Waals surface area (Å²) in [5.41, 5.74) is 0. The second-order valence-electron chi connectivity index (χ2n) is 1.81. The minimum absolute atomic E-state index is 0.207. The first kappa shape index (κ1) is 8.48. The Morgan fingerprint density at radius 1 is 1.73 bits per heavy atom. The summed E-state index contributed by atoms with van der Waals surface area (Å²) >= 11 is 0. The van der Waals surface area contributed by atoms with Gasteiger partial charge in [-0.05, 0) is 6.92 Å². The lowest BCUT2D eigenvalue weighted by Gasteiger charge is -1.88. The average molecular weight is 196 g/mol. The molecular formula is C4H6ClN3O2S. The number of nitrogens with zero attached hydrogens (tertiary/aromatic N) is 3. The van der Waals surface area contributed by atoms with Gasteiger partial charge in [0.1, 0.15) is 0 Å². The number of hydrogen-bond donors (Lipinski definition) is 0. The van der Waals surface area contributed by atoms with Gasteiger partial charge in [-0.3, -0.25) is 0 Å². The molecule has 0 aliphatic carbocycles. The standard InChI is InChI=1S/C4H6ClN3O2S/c1-2-8-6-3-4(7-8)11(5,9)10/h3H,2H2,1H3. The molecule has 5 nitrogen and oxygen atoms in total. The van der Waals surface area contributed by atoms with Crippen LogP contribution in [0.15, 0.2) is 11.2 Å². The van der Waals surface area contributed by atoms with Crippen molar-refractivity contribution in [1.29, 1.82) is 0 Å². The molecule has 1 aromatic heterocycles. The van der Waals surface area contributed by atoms with Gasteiger partial charge in [-0.1, -0.05) is 0 Å². The summed E-state index contributed by atoms with van der Waals surface area (Å²) in [7, 11) is 1.27. The predicted molar refractivity (Wildman–Crippen MR) is 38.7 cm³/mol. The summed E-state index contributed by atoms with van der Waals surface area (Å²) in [6, 6.07) is 0. The van der Waals surface area contributed by atoms with Crippen LogP contribution in [0.4, 0.5) is 0 Å². The predicted octanol–water partition coefficient (Wildman–Crippen LogP) is 0.226. The molecule has 0 saturated heterocycles. The van der Waals surface area contributed by atoms with E-state index < -0.39 is 9.05 Å². The highest BCUT2D eigenvalue weighted by Gasteiger charge is 2.13. The molecule has 0 aromatic carbocycles. The van der Waals surface area contributed by atoms with Crippen LogP contribution in [-0.4, -0.2) is 23.4 Å². The monoisotopic (exact) mass is 195 g/mol. The van der Waals surface area contributed by atoms with E-state index in [1.165, 1.54) is 4.80 Å². The van der Waals surface area contributed by atoms with E-state index >= 15 is 0 Å². The zero-order valence-electron chi connectivity index (χ0n) is 5.73. The maximum absolute atomic E-state index is 10.6. The van der Waals surface area contributed by atoms with E-state index in [-0.39, 0.29) is 5.03 Å². The first-order valence-corrected chi connectivity index (χ1v) is 5.19.